The molecule has 138 valence electrons. The molecule has 4 nitrogen and oxygen atoms in total. The summed E-state index contributed by atoms with van der Waals surface area (Å²) >= 11 is 1.70. The second-order valence-corrected chi connectivity index (χ2v) is 7.54. The van der Waals surface area contributed by atoms with Crippen molar-refractivity contribution in [3.05, 3.63) is 52.0 Å². The molecule has 2 aromatic rings. The molecule has 0 spiro atoms. The van der Waals surface area contributed by atoms with Gasteiger partial charge in [-0.1, -0.05) is 44.2 Å². The molecule has 1 aromatic heterocycles. The van der Waals surface area contributed by atoms with Crippen LogP contribution in [0, 0.1) is 6.92 Å². The van der Waals surface area contributed by atoms with Crippen LogP contribution in [0.25, 0.3) is 0 Å². The second-order valence-electron chi connectivity index (χ2n) is 6.48. The molecule has 0 aliphatic carbocycles. The highest BCUT2D eigenvalue weighted by molar-refractivity contribution is 14.0. The number of hydrogen-bond acceptors (Lipinski definition) is 3. The van der Waals surface area contributed by atoms with Crippen LogP contribution in [-0.2, 0) is 11.8 Å². The maximum Gasteiger partial charge on any atom is 0.191 e. The third kappa shape index (κ3) is 7.32. The van der Waals surface area contributed by atoms with Crippen molar-refractivity contribution < 1.29 is 0 Å². The molecule has 0 aliphatic rings. The van der Waals surface area contributed by atoms with Crippen molar-refractivity contribution in [1.29, 1.82) is 0 Å². The number of aromatic nitrogens is 1. The van der Waals surface area contributed by atoms with E-state index in [1.54, 1.807) is 11.3 Å². The summed E-state index contributed by atoms with van der Waals surface area (Å²) in [6.45, 7) is 11.0. The molecule has 25 heavy (non-hydrogen) atoms. The quantitative estimate of drug-likeness (QED) is 0.362. The number of benzene rings is 1. The van der Waals surface area contributed by atoms with E-state index in [1.807, 2.05) is 6.92 Å². The topological polar surface area (TPSA) is 49.3 Å². The number of hydrogen-bond donors (Lipinski definition) is 2. The number of rotatable bonds is 7. The average molecular weight is 472 g/mol. The highest BCUT2D eigenvalue weighted by Crippen LogP contribution is 2.22. The zero-order valence-corrected chi connectivity index (χ0v) is 18.7. The predicted molar refractivity (Wildman–Crippen MR) is 119 cm³/mol. The van der Waals surface area contributed by atoms with Gasteiger partial charge in [-0.05, 0) is 19.4 Å². The first-order valence-electron chi connectivity index (χ1n) is 8.50. The first-order valence-corrected chi connectivity index (χ1v) is 9.38. The van der Waals surface area contributed by atoms with E-state index in [2.05, 4.69) is 72.1 Å². The molecule has 0 amide bonds. The maximum absolute atomic E-state index is 4.77. The number of nitrogens with one attached hydrogen (secondary N) is 2. The molecule has 0 atom stereocenters. The Balaban J connectivity index is 0.00000312. The molecule has 0 bridgehead atoms. The molecule has 2 rings (SSSR count). The van der Waals surface area contributed by atoms with Crippen molar-refractivity contribution in [2.24, 2.45) is 4.99 Å². The van der Waals surface area contributed by atoms with Crippen molar-refractivity contribution in [1.82, 2.24) is 15.6 Å². The SMILES string of the molecule is CCNC(=NCC(C)(C)c1ccccc1)NCCc1csc(C)n1.I. The fourth-order valence-corrected chi connectivity index (χ4v) is 3.08. The number of aryl methyl sites for hydroxylation is 1. The van der Waals surface area contributed by atoms with Crippen LogP contribution in [0.5, 0.6) is 0 Å². The number of nitrogens with zero attached hydrogens (tertiary/aromatic N) is 2. The summed E-state index contributed by atoms with van der Waals surface area (Å²) in [4.78, 5) is 9.27. The molecule has 2 N–H and O–H groups in total. The van der Waals surface area contributed by atoms with Gasteiger partial charge >= 0.3 is 0 Å². The van der Waals surface area contributed by atoms with Gasteiger partial charge < -0.3 is 10.6 Å². The zero-order valence-electron chi connectivity index (χ0n) is 15.5. The number of thiazole rings is 1. The number of guanidine groups is 1. The molecule has 0 radical (unpaired) electrons. The van der Waals surface area contributed by atoms with Crippen LogP contribution in [-0.4, -0.2) is 30.6 Å². The van der Waals surface area contributed by atoms with E-state index in [0.717, 1.165) is 42.7 Å². The van der Waals surface area contributed by atoms with E-state index >= 15 is 0 Å². The predicted octanol–water partition coefficient (Wildman–Crippen LogP) is 4.14. The van der Waals surface area contributed by atoms with E-state index in [-0.39, 0.29) is 29.4 Å². The van der Waals surface area contributed by atoms with Crippen molar-refractivity contribution in [3.8, 4) is 0 Å². The molecule has 0 fully saturated rings. The second kappa shape index (κ2) is 10.8. The largest absolute Gasteiger partial charge is 0.357 e. The summed E-state index contributed by atoms with van der Waals surface area (Å²) in [5.41, 5.74) is 2.46. The molecule has 0 aliphatic heterocycles. The smallest absolute Gasteiger partial charge is 0.191 e. The number of halogens is 1. The lowest BCUT2D eigenvalue weighted by Crippen LogP contribution is -2.39. The van der Waals surface area contributed by atoms with Crippen LogP contribution in [0.15, 0.2) is 40.7 Å². The first kappa shape index (κ1) is 21.9. The summed E-state index contributed by atoms with van der Waals surface area (Å²) in [5.74, 6) is 0.869. The van der Waals surface area contributed by atoms with Gasteiger partial charge in [0.05, 0.1) is 17.2 Å². The molecule has 0 saturated carbocycles. The van der Waals surface area contributed by atoms with Crippen LogP contribution in [0.2, 0.25) is 0 Å². The summed E-state index contributed by atoms with van der Waals surface area (Å²) in [5, 5.41) is 9.97. The molecule has 1 aromatic carbocycles. The van der Waals surface area contributed by atoms with Crippen molar-refractivity contribution in [2.75, 3.05) is 19.6 Å². The summed E-state index contributed by atoms with van der Waals surface area (Å²) in [7, 11) is 0. The average Bonchev–Trinajstić information content (AvgIpc) is 2.99. The number of aliphatic imine (C=N–C) groups is 1. The summed E-state index contributed by atoms with van der Waals surface area (Å²) in [6.07, 6.45) is 0.914. The van der Waals surface area contributed by atoms with Crippen molar-refractivity contribution in [2.45, 2.75) is 39.5 Å². The van der Waals surface area contributed by atoms with Crippen LogP contribution >= 0.6 is 35.3 Å². The minimum atomic E-state index is 0. The summed E-state index contributed by atoms with van der Waals surface area (Å²) in [6, 6.07) is 10.6. The summed E-state index contributed by atoms with van der Waals surface area (Å²) < 4.78 is 0. The van der Waals surface area contributed by atoms with Crippen LogP contribution in [0.1, 0.15) is 37.0 Å². The van der Waals surface area contributed by atoms with E-state index in [4.69, 9.17) is 4.99 Å². The van der Waals surface area contributed by atoms with Gasteiger partial charge in [0.25, 0.3) is 0 Å². The Morgan fingerprint density at radius 3 is 2.52 bits per heavy atom. The maximum atomic E-state index is 4.77. The zero-order chi connectivity index (χ0) is 17.4. The van der Waals surface area contributed by atoms with Gasteiger partial charge in [-0.2, -0.15) is 0 Å². The third-order valence-corrected chi connectivity index (χ3v) is 4.69. The fourth-order valence-electron chi connectivity index (χ4n) is 2.43. The minimum absolute atomic E-state index is 0. The first-order chi connectivity index (χ1) is 11.5. The van der Waals surface area contributed by atoms with Crippen LogP contribution in [0.3, 0.4) is 0 Å². The van der Waals surface area contributed by atoms with Gasteiger partial charge in [0.15, 0.2) is 5.96 Å². The van der Waals surface area contributed by atoms with Gasteiger partial charge in [0.1, 0.15) is 0 Å². The van der Waals surface area contributed by atoms with E-state index in [9.17, 15) is 0 Å². The Hall–Kier alpha value is -1.15. The third-order valence-electron chi connectivity index (χ3n) is 3.87. The van der Waals surface area contributed by atoms with Crippen LogP contribution < -0.4 is 10.6 Å². The monoisotopic (exact) mass is 472 g/mol. The minimum Gasteiger partial charge on any atom is -0.357 e. The van der Waals surface area contributed by atoms with E-state index < -0.39 is 0 Å². The molecular weight excluding hydrogens is 443 g/mol. The lowest BCUT2D eigenvalue weighted by molar-refractivity contribution is 0.537. The Morgan fingerprint density at radius 2 is 1.92 bits per heavy atom. The molecule has 0 unspecified atom stereocenters. The van der Waals surface area contributed by atoms with Crippen molar-refractivity contribution in [3.63, 3.8) is 0 Å². The van der Waals surface area contributed by atoms with Gasteiger partial charge in [0, 0.05) is 30.3 Å². The Labute approximate surface area is 172 Å². The van der Waals surface area contributed by atoms with Gasteiger partial charge in [-0.3, -0.25) is 4.99 Å². The van der Waals surface area contributed by atoms with Crippen molar-refractivity contribution >= 4 is 41.3 Å². The lowest BCUT2D eigenvalue weighted by Gasteiger charge is -2.23. The van der Waals surface area contributed by atoms with Gasteiger partial charge in [0.2, 0.25) is 0 Å². The lowest BCUT2D eigenvalue weighted by atomic mass is 9.85. The van der Waals surface area contributed by atoms with E-state index in [1.165, 1.54) is 5.56 Å². The Bertz CT molecular complexity index is 652. The highest BCUT2D eigenvalue weighted by Gasteiger charge is 2.19. The molecule has 6 heteroatoms. The fraction of sp³-hybridized carbons (Fsp3) is 0.474. The molecular formula is C19H29IN4S. The standard InChI is InChI=1S/C19H28N4S.HI/c1-5-20-18(21-12-11-17-13-24-15(2)23-17)22-14-19(3,4)16-9-7-6-8-10-16;/h6-10,13H,5,11-12,14H2,1-4H3,(H2,20,21,22);1H. The van der Waals surface area contributed by atoms with Gasteiger partial charge in [-0.15, -0.1) is 35.3 Å². The molecule has 0 saturated heterocycles. The highest BCUT2D eigenvalue weighted by atomic mass is 127. The van der Waals surface area contributed by atoms with Crippen LogP contribution in [0.4, 0.5) is 0 Å². The normalized spacial score (nSPS) is 11.8. The Morgan fingerprint density at radius 1 is 1.20 bits per heavy atom. The molecule has 1 heterocycles. The van der Waals surface area contributed by atoms with Gasteiger partial charge in [-0.25, -0.2) is 4.98 Å². The van der Waals surface area contributed by atoms with E-state index in [0.29, 0.717) is 0 Å². The Kier molecular flexibility index (Phi) is 9.42.